The van der Waals surface area contributed by atoms with Gasteiger partial charge in [-0.2, -0.15) is 0 Å². The number of nitro benzene ring substituents is 1. The van der Waals surface area contributed by atoms with Gasteiger partial charge in [-0.25, -0.2) is 4.99 Å². The number of non-ortho nitro benzene ring substituents is 1. The van der Waals surface area contributed by atoms with Gasteiger partial charge in [0.2, 0.25) is 0 Å². The standard InChI is InChI=1S/C20H25N5O2/c1-2-21-20(22-16-17-8-10-19(11-9-17)25(26)27)24-14-12-23(13-15-24)18-6-4-3-5-7-18/h3-11H,2,12-16H2,1H3,(H,21,22). The van der Waals surface area contributed by atoms with Crippen LogP contribution >= 0.6 is 0 Å². The molecule has 0 unspecified atom stereocenters. The molecule has 1 saturated heterocycles. The Hall–Kier alpha value is -3.09. The van der Waals surface area contributed by atoms with E-state index in [9.17, 15) is 10.1 Å². The number of guanidine groups is 1. The summed E-state index contributed by atoms with van der Waals surface area (Å²) >= 11 is 0. The highest BCUT2D eigenvalue weighted by molar-refractivity contribution is 5.80. The minimum atomic E-state index is -0.386. The average Bonchev–Trinajstić information content (AvgIpc) is 2.72. The summed E-state index contributed by atoms with van der Waals surface area (Å²) in [5.74, 6) is 0.892. The quantitative estimate of drug-likeness (QED) is 0.381. The molecule has 2 aromatic rings. The molecule has 0 radical (unpaired) electrons. The molecule has 3 rings (SSSR count). The van der Waals surface area contributed by atoms with E-state index >= 15 is 0 Å². The molecule has 1 aliphatic rings. The summed E-state index contributed by atoms with van der Waals surface area (Å²) in [5, 5.41) is 14.1. The third kappa shape index (κ3) is 4.97. The molecular formula is C20H25N5O2. The molecule has 142 valence electrons. The number of piperazine rings is 1. The van der Waals surface area contributed by atoms with Crippen LogP contribution < -0.4 is 10.2 Å². The number of aliphatic imine (C=N–C) groups is 1. The Morgan fingerprint density at radius 1 is 1.07 bits per heavy atom. The van der Waals surface area contributed by atoms with Crippen molar-refractivity contribution in [3.8, 4) is 0 Å². The van der Waals surface area contributed by atoms with E-state index in [4.69, 9.17) is 4.99 Å². The minimum Gasteiger partial charge on any atom is -0.368 e. The topological polar surface area (TPSA) is 74.0 Å². The van der Waals surface area contributed by atoms with Crippen LogP contribution in [0.2, 0.25) is 0 Å². The van der Waals surface area contributed by atoms with Gasteiger partial charge in [0.05, 0.1) is 11.5 Å². The van der Waals surface area contributed by atoms with Crippen molar-refractivity contribution >= 4 is 17.3 Å². The van der Waals surface area contributed by atoms with Crippen LogP contribution in [-0.2, 0) is 6.54 Å². The van der Waals surface area contributed by atoms with Crippen LogP contribution in [0.1, 0.15) is 12.5 Å². The van der Waals surface area contributed by atoms with E-state index in [1.807, 2.05) is 6.07 Å². The summed E-state index contributed by atoms with van der Waals surface area (Å²) < 4.78 is 0. The highest BCUT2D eigenvalue weighted by atomic mass is 16.6. The number of benzene rings is 2. The first kappa shape index (κ1) is 18.7. The fraction of sp³-hybridized carbons (Fsp3) is 0.350. The fourth-order valence-corrected chi connectivity index (χ4v) is 3.13. The fourth-order valence-electron chi connectivity index (χ4n) is 3.13. The Morgan fingerprint density at radius 3 is 2.33 bits per heavy atom. The molecule has 0 bridgehead atoms. The predicted octanol–water partition coefficient (Wildman–Crippen LogP) is 2.88. The summed E-state index contributed by atoms with van der Waals surface area (Å²) in [6.07, 6.45) is 0. The van der Waals surface area contributed by atoms with Gasteiger partial charge in [-0.05, 0) is 24.6 Å². The molecule has 2 aromatic carbocycles. The molecule has 1 aliphatic heterocycles. The Kier molecular flexibility index (Phi) is 6.25. The van der Waals surface area contributed by atoms with Gasteiger partial charge in [0.25, 0.3) is 5.69 Å². The molecule has 1 heterocycles. The average molecular weight is 367 g/mol. The molecule has 0 spiro atoms. The van der Waals surface area contributed by atoms with E-state index in [1.165, 1.54) is 17.8 Å². The van der Waals surface area contributed by atoms with Crippen LogP contribution in [0.5, 0.6) is 0 Å². The second kappa shape index (κ2) is 9.02. The lowest BCUT2D eigenvalue weighted by molar-refractivity contribution is -0.384. The van der Waals surface area contributed by atoms with Crippen LogP contribution in [0.15, 0.2) is 59.6 Å². The molecule has 7 nitrogen and oxygen atoms in total. The summed E-state index contributed by atoms with van der Waals surface area (Å²) in [6, 6.07) is 17.0. The number of hydrogen-bond acceptors (Lipinski definition) is 4. The van der Waals surface area contributed by atoms with E-state index in [0.29, 0.717) is 6.54 Å². The second-order valence-corrected chi connectivity index (χ2v) is 6.40. The first-order valence-electron chi connectivity index (χ1n) is 9.24. The summed E-state index contributed by atoms with van der Waals surface area (Å²) in [6.45, 7) is 7.07. The van der Waals surface area contributed by atoms with Crippen molar-refractivity contribution < 1.29 is 4.92 Å². The number of anilines is 1. The highest BCUT2D eigenvalue weighted by Gasteiger charge is 2.19. The summed E-state index contributed by atoms with van der Waals surface area (Å²) in [4.78, 5) is 19.8. The van der Waals surface area contributed by atoms with Crippen LogP contribution in [-0.4, -0.2) is 48.5 Å². The maximum atomic E-state index is 10.8. The van der Waals surface area contributed by atoms with Gasteiger partial charge in [-0.3, -0.25) is 10.1 Å². The lowest BCUT2D eigenvalue weighted by Gasteiger charge is -2.37. The molecule has 0 aromatic heterocycles. The molecule has 0 aliphatic carbocycles. The van der Waals surface area contributed by atoms with Crippen molar-refractivity contribution in [2.75, 3.05) is 37.6 Å². The predicted molar refractivity (Wildman–Crippen MR) is 108 cm³/mol. The lowest BCUT2D eigenvalue weighted by Crippen LogP contribution is -2.52. The maximum Gasteiger partial charge on any atom is 0.269 e. The summed E-state index contributed by atoms with van der Waals surface area (Å²) in [5.41, 5.74) is 2.32. The number of nitrogens with zero attached hydrogens (tertiary/aromatic N) is 4. The summed E-state index contributed by atoms with van der Waals surface area (Å²) in [7, 11) is 0. The molecule has 1 fully saturated rings. The zero-order chi connectivity index (χ0) is 19.1. The molecule has 0 amide bonds. The molecule has 7 heteroatoms. The van der Waals surface area contributed by atoms with Gasteiger partial charge in [0.1, 0.15) is 0 Å². The largest absolute Gasteiger partial charge is 0.368 e. The minimum absolute atomic E-state index is 0.103. The van der Waals surface area contributed by atoms with E-state index in [1.54, 1.807) is 12.1 Å². The van der Waals surface area contributed by atoms with Crippen LogP contribution in [0.3, 0.4) is 0 Å². The van der Waals surface area contributed by atoms with Gasteiger partial charge < -0.3 is 15.1 Å². The van der Waals surface area contributed by atoms with Gasteiger partial charge in [0.15, 0.2) is 5.96 Å². The number of nitro groups is 1. The Labute approximate surface area is 159 Å². The third-order valence-corrected chi connectivity index (χ3v) is 4.59. The van der Waals surface area contributed by atoms with E-state index < -0.39 is 0 Å². The number of nitrogens with one attached hydrogen (secondary N) is 1. The van der Waals surface area contributed by atoms with Crippen LogP contribution in [0.25, 0.3) is 0 Å². The molecular weight excluding hydrogens is 342 g/mol. The van der Waals surface area contributed by atoms with Crippen LogP contribution in [0.4, 0.5) is 11.4 Å². The lowest BCUT2D eigenvalue weighted by atomic mass is 10.2. The molecule has 1 N–H and O–H groups in total. The number of para-hydroxylation sites is 1. The zero-order valence-electron chi connectivity index (χ0n) is 15.5. The van der Waals surface area contributed by atoms with Crippen molar-refractivity contribution in [3.05, 3.63) is 70.3 Å². The number of rotatable bonds is 5. The third-order valence-electron chi connectivity index (χ3n) is 4.59. The van der Waals surface area contributed by atoms with Crippen molar-refractivity contribution in [2.24, 2.45) is 4.99 Å². The first-order valence-corrected chi connectivity index (χ1v) is 9.24. The molecule has 27 heavy (non-hydrogen) atoms. The van der Waals surface area contributed by atoms with E-state index in [-0.39, 0.29) is 10.6 Å². The highest BCUT2D eigenvalue weighted by Crippen LogP contribution is 2.16. The molecule has 0 saturated carbocycles. The van der Waals surface area contributed by atoms with Gasteiger partial charge in [-0.1, -0.05) is 30.3 Å². The normalized spacial score (nSPS) is 14.9. The van der Waals surface area contributed by atoms with E-state index in [0.717, 1.165) is 44.2 Å². The van der Waals surface area contributed by atoms with Gasteiger partial charge >= 0.3 is 0 Å². The molecule has 0 atom stereocenters. The van der Waals surface area contributed by atoms with Gasteiger partial charge in [0, 0.05) is 50.5 Å². The van der Waals surface area contributed by atoms with Crippen molar-refractivity contribution in [3.63, 3.8) is 0 Å². The maximum absolute atomic E-state index is 10.8. The van der Waals surface area contributed by atoms with Crippen molar-refractivity contribution in [2.45, 2.75) is 13.5 Å². The van der Waals surface area contributed by atoms with Gasteiger partial charge in [-0.15, -0.1) is 0 Å². The zero-order valence-corrected chi connectivity index (χ0v) is 15.5. The Balaban J connectivity index is 1.61. The smallest absolute Gasteiger partial charge is 0.269 e. The van der Waals surface area contributed by atoms with E-state index in [2.05, 4.69) is 46.3 Å². The van der Waals surface area contributed by atoms with Crippen molar-refractivity contribution in [1.29, 1.82) is 0 Å². The monoisotopic (exact) mass is 367 g/mol. The van der Waals surface area contributed by atoms with Crippen LogP contribution in [0, 0.1) is 10.1 Å². The SMILES string of the molecule is CCNC(=NCc1ccc([N+](=O)[O-])cc1)N1CCN(c2ccccc2)CC1. The van der Waals surface area contributed by atoms with Crippen molar-refractivity contribution in [1.82, 2.24) is 10.2 Å². The Morgan fingerprint density at radius 2 is 1.74 bits per heavy atom. The first-order chi connectivity index (χ1) is 13.2. The number of hydrogen-bond donors (Lipinski definition) is 1. The second-order valence-electron chi connectivity index (χ2n) is 6.40. The Bertz CT molecular complexity index is 769.